The smallest absolute Gasteiger partial charge is 0.322 e. The first-order valence-electron chi connectivity index (χ1n) is 3.13. The van der Waals surface area contributed by atoms with Gasteiger partial charge in [0.1, 0.15) is 6.04 Å². The van der Waals surface area contributed by atoms with E-state index in [1.165, 1.54) is 0 Å². The van der Waals surface area contributed by atoms with Crippen molar-refractivity contribution in [2.75, 3.05) is 6.54 Å². The summed E-state index contributed by atoms with van der Waals surface area (Å²) in [5.41, 5.74) is 10.6. The van der Waals surface area contributed by atoms with Crippen LogP contribution in [0.2, 0.25) is 0 Å². The van der Waals surface area contributed by atoms with Gasteiger partial charge in [-0.05, 0) is 0 Å². The van der Waals surface area contributed by atoms with Crippen molar-refractivity contribution in [3.63, 3.8) is 0 Å². The van der Waals surface area contributed by atoms with Crippen molar-refractivity contribution in [1.82, 2.24) is 16.0 Å². The lowest BCUT2D eigenvalue weighted by atomic mass is 10.3. The van der Waals surface area contributed by atoms with E-state index in [4.69, 9.17) is 10.8 Å². The van der Waals surface area contributed by atoms with Crippen LogP contribution in [0.3, 0.4) is 0 Å². The summed E-state index contributed by atoms with van der Waals surface area (Å²) in [6, 6.07) is -0.868. The van der Waals surface area contributed by atoms with Gasteiger partial charge in [-0.3, -0.25) is 9.80 Å². The van der Waals surface area contributed by atoms with Crippen molar-refractivity contribution in [1.29, 1.82) is 0 Å². The predicted molar refractivity (Wildman–Crippen MR) is 37.7 cm³/mol. The summed E-state index contributed by atoms with van der Waals surface area (Å²) < 4.78 is 0. The van der Waals surface area contributed by atoms with Gasteiger partial charge >= 0.3 is 5.97 Å². The third kappa shape index (κ3) is 2.10. The van der Waals surface area contributed by atoms with E-state index in [-0.39, 0.29) is 6.54 Å². The van der Waals surface area contributed by atoms with E-state index in [1.54, 1.807) is 17.4 Å². The van der Waals surface area contributed by atoms with E-state index in [9.17, 15) is 4.79 Å². The first-order valence-corrected chi connectivity index (χ1v) is 3.13. The number of hydrogen-bond acceptors (Lipinski definition) is 5. The highest BCUT2D eigenvalue weighted by Crippen LogP contribution is 1.90. The van der Waals surface area contributed by atoms with E-state index < -0.39 is 12.0 Å². The van der Waals surface area contributed by atoms with Crippen LogP contribution in [0.25, 0.3) is 0 Å². The van der Waals surface area contributed by atoms with Gasteiger partial charge in [0, 0.05) is 12.4 Å². The molecule has 0 bridgehead atoms. The summed E-state index contributed by atoms with van der Waals surface area (Å²) in [5, 5.41) is 9.97. The summed E-state index contributed by atoms with van der Waals surface area (Å²) in [5.74, 6) is -1.01. The van der Waals surface area contributed by atoms with Gasteiger partial charge in [0.15, 0.2) is 0 Å². The molecule has 0 fully saturated rings. The van der Waals surface area contributed by atoms with Crippen LogP contribution in [0.5, 0.6) is 0 Å². The number of carbonyl (C=O) groups is 1. The average Bonchev–Trinajstić information content (AvgIpc) is 2.39. The number of carboxylic acids is 1. The minimum absolute atomic E-state index is 0.235. The number of nitrogens with two attached hydrogens (primary N) is 1. The molecule has 0 aromatic carbocycles. The summed E-state index contributed by atoms with van der Waals surface area (Å²) >= 11 is 0. The van der Waals surface area contributed by atoms with Gasteiger partial charge in [0.05, 0.1) is 6.54 Å². The molecule has 0 saturated carbocycles. The van der Waals surface area contributed by atoms with E-state index in [2.05, 4.69) is 11.0 Å². The zero-order valence-corrected chi connectivity index (χ0v) is 5.82. The normalized spacial score (nSPS) is 18.1. The molecule has 62 valence electrons. The number of carboxylic acid groups (broad SMARTS) is 1. The Morgan fingerprint density at radius 2 is 2.55 bits per heavy atom. The number of aliphatic carboxylic acids is 1. The SMILES string of the molecule is NC(CN1C=CNN1)C(=O)O. The summed E-state index contributed by atoms with van der Waals surface area (Å²) in [6.45, 7) is 0.235. The molecule has 1 atom stereocenters. The van der Waals surface area contributed by atoms with E-state index in [1.807, 2.05) is 0 Å². The summed E-state index contributed by atoms with van der Waals surface area (Å²) in [7, 11) is 0. The van der Waals surface area contributed by atoms with Crippen molar-refractivity contribution < 1.29 is 9.90 Å². The van der Waals surface area contributed by atoms with Crippen molar-refractivity contribution in [3.8, 4) is 0 Å². The second-order valence-electron chi connectivity index (χ2n) is 2.17. The maximum atomic E-state index is 10.3. The molecule has 5 N–H and O–H groups in total. The zero-order valence-electron chi connectivity index (χ0n) is 5.82. The molecule has 0 amide bonds. The lowest BCUT2D eigenvalue weighted by molar-refractivity contribution is -0.139. The van der Waals surface area contributed by atoms with E-state index >= 15 is 0 Å². The molecule has 0 saturated heterocycles. The van der Waals surface area contributed by atoms with Gasteiger partial charge in [-0.1, -0.05) is 0 Å². The van der Waals surface area contributed by atoms with Crippen LogP contribution in [0, 0.1) is 0 Å². The Labute approximate surface area is 63.6 Å². The van der Waals surface area contributed by atoms with Gasteiger partial charge in [-0.2, -0.15) is 0 Å². The Morgan fingerprint density at radius 3 is 3.00 bits per heavy atom. The van der Waals surface area contributed by atoms with Crippen molar-refractivity contribution >= 4 is 5.97 Å². The molecule has 1 aliphatic heterocycles. The van der Waals surface area contributed by atoms with Crippen LogP contribution < -0.4 is 16.7 Å². The highest BCUT2D eigenvalue weighted by molar-refractivity contribution is 5.73. The Kier molecular flexibility index (Phi) is 2.29. The van der Waals surface area contributed by atoms with Crippen LogP contribution in [0.4, 0.5) is 0 Å². The highest BCUT2D eigenvalue weighted by Gasteiger charge is 2.15. The molecule has 1 aliphatic rings. The van der Waals surface area contributed by atoms with Crippen LogP contribution in [0.15, 0.2) is 12.4 Å². The van der Waals surface area contributed by atoms with Crippen LogP contribution in [-0.4, -0.2) is 28.7 Å². The second-order valence-corrected chi connectivity index (χ2v) is 2.17. The molecule has 6 nitrogen and oxygen atoms in total. The molecule has 1 rings (SSSR count). The fraction of sp³-hybridized carbons (Fsp3) is 0.400. The number of nitrogens with one attached hydrogen (secondary N) is 2. The van der Waals surface area contributed by atoms with Gasteiger partial charge in [-0.15, -0.1) is 5.53 Å². The Balaban J connectivity index is 2.29. The van der Waals surface area contributed by atoms with Gasteiger partial charge in [0.25, 0.3) is 0 Å². The first kappa shape index (κ1) is 7.83. The molecule has 11 heavy (non-hydrogen) atoms. The van der Waals surface area contributed by atoms with Crippen molar-refractivity contribution in [3.05, 3.63) is 12.4 Å². The topological polar surface area (TPSA) is 90.6 Å². The quantitative estimate of drug-likeness (QED) is 0.387. The fourth-order valence-electron chi connectivity index (χ4n) is 0.681. The maximum Gasteiger partial charge on any atom is 0.322 e. The highest BCUT2D eigenvalue weighted by atomic mass is 16.4. The number of hydrazine groups is 2. The number of nitrogens with zero attached hydrogens (tertiary/aromatic N) is 1. The van der Waals surface area contributed by atoms with Crippen LogP contribution in [0.1, 0.15) is 0 Å². The van der Waals surface area contributed by atoms with Gasteiger partial charge in [0.2, 0.25) is 0 Å². The lowest BCUT2D eigenvalue weighted by Gasteiger charge is -2.17. The Bertz CT molecular complexity index is 181. The minimum atomic E-state index is -1.01. The Hall–Kier alpha value is -1.27. The molecule has 0 aliphatic carbocycles. The number of rotatable bonds is 3. The molecule has 1 heterocycles. The molecule has 0 aromatic rings. The third-order valence-electron chi connectivity index (χ3n) is 1.26. The standard InChI is InChI=1S/C5H10N4O2/c6-4(5(10)11)3-9-2-1-7-8-9/h1-2,4,7-8H,3,6H2,(H,10,11). The molecular formula is C5H10N4O2. The molecule has 1 unspecified atom stereocenters. The third-order valence-corrected chi connectivity index (χ3v) is 1.26. The largest absolute Gasteiger partial charge is 0.480 e. The second kappa shape index (κ2) is 3.22. The number of hydrogen-bond donors (Lipinski definition) is 4. The van der Waals surface area contributed by atoms with Gasteiger partial charge < -0.3 is 16.3 Å². The predicted octanol–water partition coefficient (Wildman–Crippen LogP) is -1.81. The monoisotopic (exact) mass is 158 g/mol. The molecule has 6 heteroatoms. The lowest BCUT2D eigenvalue weighted by Crippen LogP contribution is -2.46. The molecule has 0 radical (unpaired) electrons. The van der Waals surface area contributed by atoms with Gasteiger partial charge in [-0.25, -0.2) is 0 Å². The summed E-state index contributed by atoms with van der Waals surface area (Å²) in [4.78, 5) is 10.3. The minimum Gasteiger partial charge on any atom is -0.480 e. The van der Waals surface area contributed by atoms with Crippen LogP contribution in [-0.2, 0) is 4.79 Å². The summed E-state index contributed by atoms with van der Waals surface area (Å²) in [6.07, 6.45) is 3.32. The zero-order chi connectivity index (χ0) is 8.27. The van der Waals surface area contributed by atoms with Crippen LogP contribution >= 0.6 is 0 Å². The van der Waals surface area contributed by atoms with E-state index in [0.717, 1.165) is 0 Å². The van der Waals surface area contributed by atoms with Crippen molar-refractivity contribution in [2.24, 2.45) is 5.73 Å². The molecule has 0 aromatic heterocycles. The van der Waals surface area contributed by atoms with E-state index in [0.29, 0.717) is 0 Å². The molecule has 0 spiro atoms. The molecular weight excluding hydrogens is 148 g/mol. The van der Waals surface area contributed by atoms with Crippen molar-refractivity contribution in [2.45, 2.75) is 6.04 Å². The maximum absolute atomic E-state index is 10.3. The fourth-order valence-corrected chi connectivity index (χ4v) is 0.681. The first-order chi connectivity index (χ1) is 5.20. The average molecular weight is 158 g/mol. The Morgan fingerprint density at radius 1 is 1.82 bits per heavy atom.